The maximum absolute atomic E-state index is 10.0. The number of benzene rings is 5. The van der Waals surface area contributed by atoms with Crippen molar-refractivity contribution in [1.82, 2.24) is 9.97 Å². The summed E-state index contributed by atoms with van der Waals surface area (Å²) in [6, 6.07) is 36.8. The summed E-state index contributed by atoms with van der Waals surface area (Å²) in [6.07, 6.45) is 0. The van der Waals surface area contributed by atoms with Crippen LogP contribution in [0.5, 0.6) is 0 Å². The van der Waals surface area contributed by atoms with Gasteiger partial charge in [0.15, 0.2) is 0 Å². The second kappa shape index (κ2) is 7.60. The average Bonchev–Trinajstić information content (AvgIpc) is 3.51. The van der Waals surface area contributed by atoms with Crippen molar-refractivity contribution in [1.29, 1.82) is 10.5 Å². The van der Waals surface area contributed by atoms with Gasteiger partial charge in [-0.3, -0.25) is 0 Å². The molecule has 36 heavy (non-hydrogen) atoms. The Kier molecular flexibility index (Phi) is 4.24. The first kappa shape index (κ1) is 20.1. The van der Waals surface area contributed by atoms with E-state index in [-0.39, 0.29) is 0 Å². The molecule has 7 rings (SSSR count). The van der Waals surface area contributed by atoms with E-state index in [1.54, 1.807) is 0 Å². The minimum absolute atomic E-state index is 0.620. The van der Waals surface area contributed by atoms with E-state index in [1.165, 1.54) is 0 Å². The number of nitrogens with zero attached hydrogens (tertiary/aromatic N) is 2. The zero-order chi connectivity index (χ0) is 24.2. The predicted octanol–water partition coefficient (Wildman–Crippen LogP) is 8.03. The minimum atomic E-state index is 0.620. The first-order chi connectivity index (χ1) is 17.8. The molecule has 0 saturated carbocycles. The lowest BCUT2D eigenvalue weighted by Crippen LogP contribution is -1.92. The maximum atomic E-state index is 10.0. The molecule has 0 aliphatic carbocycles. The van der Waals surface area contributed by atoms with Gasteiger partial charge in [0.25, 0.3) is 0 Å². The number of hydrogen-bond donors (Lipinski definition) is 2. The highest BCUT2D eigenvalue weighted by Gasteiger charge is 2.25. The third kappa shape index (κ3) is 2.67. The Labute approximate surface area is 206 Å². The van der Waals surface area contributed by atoms with Crippen LogP contribution in [0.4, 0.5) is 0 Å². The van der Waals surface area contributed by atoms with Crippen LogP contribution in [0.15, 0.2) is 97.1 Å². The first-order valence-electron chi connectivity index (χ1n) is 11.8. The van der Waals surface area contributed by atoms with Crippen molar-refractivity contribution in [2.75, 3.05) is 0 Å². The smallest absolute Gasteiger partial charge is 0.0998 e. The van der Waals surface area contributed by atoms with Gasteiger partial charge in [0.05, 0.1) is 34.3 Å². The van der Waals surface area contributed by atoms with E-state index in [0.29, 0.717) is 11.1 Å². The van der Waals surface area contributed by atoms with Crippen LogP contribution < -0.4 is 0 Å². The molecule has 5 aromatic carbocycles. The molecule has 4 nitrogen and oxygen atoms in total. The van der Waals surface area contributed by atoms with E-state index in [2.05, 4.69) is 46.4 Å². The van der Waals surface area contributed by atoms with E-state index >= 15 is 0 Å². The van der Waals surface area contributed by atoms with Crippen molar-refractivity contribution in [2.45, 2.75) is 0 Å². The normalized spacial score (nSPS) is 11.3. The fourth-order valence-corrected chi connectivity index (χ4v) is 5.56. The van der Waals surface area contributed by atoms with Gasteiger partial charge in [0.2, 0.25) is 0 Å². The van der Waals surface area contributed by atoms with Gasteiger partial charge in [-0.05, 0) is 24.3 Å². The van der Waals surface area contributed by atoms with E-state index in [9.17, 15) is 10.5 Å². The lowest BCUT2D eigenvalue weighted by atomic mass is 9.87. The van der Waals surface area contributed by atoms with Crippen LogP contribution in [0, 0.1) is 22.7 Å². The summed E-state index contributed by atoms with van der Waals surface area (Å²) in [6.45, 7) is 0. The second-order valence-electron chi connectivity index (χ2n) is 8.91. The van der Waals surface area contributed by atoms with Gasteiger partial charge < -0.3 is 9.97 Å². The lowest BCUT2D eigenvalue weighted by Gasteiger charge is -2.15. The largest absolute Gasteiger partial charge is 0.354 e. The SMILES string of the molecule is N#Cc1ccccc1-c1c2[nH]c3ccccc3c2c(-c2ccccc2C#N)c2[nH]c3ccccc3c12. The average molecular weight is 459 g/mol. The number of aromatic amines is 2. The van der Waals surface area contributed by atoms with Crippen molar-refractivity contribution >= 4 is 43.6 Å². The molecule has 0 amide bonds. The Hall–Kier alpha value is -5.32. The van der Waals surface area contributed by atoms with Crippen LogP contribution in [-0.2, 0) is 0 Å². The number of hydrogen-bond acceptors (Lipinski definition) is 2. The topological polar surface area (TPSA) is 79.2 Å². The van der Waals surface area contributed by atoms with Gasteiger partial charge in [0, 0.05) is 54.8 Å². The summed E-state index contributed by atoms with van der Waals surface area (Å²) >= 11 is 0. The molecular formula is C32H18N4. The highest BCUT2D eigenvalue weighted by atomic mass is 14.7. The Morgan fingerprint density at radius 1 is 0.472 bits per heavy atom. The van der Waals surface area contributed by atoms with Crippen LogP contribution in [0.3, 0.4) is 0 Å². The molecule has 4 heteroatoms. The molecular weight excluding hydrogens is 440 g/mol. The maximum Gasteiger partial charge on any atom is 0.0998 e. The molecule has 0 unspecified atom stereocenters. The molecule has 0 atom stereocenters. The zero-order valence-electron chi connectivity index (χ0n) is 19.1. The van der Waals surface area contributed by atoms with Crippen LogP contribution >= 0.6 is 0 Å². The number of H-pyrrole nitrogens is 2. The molecule has 0 bridgehead atoms. The van der Waals surface area contributed by atoms with Crippen LogP contribution in [0.1, 0.15) is 11.1 Å². The minimum Gasteiger partial charge on any atom is -0.354 e. The number of nitriles is 2. The van der Waals surface area contributed by atoms with E-state index in [1.807, 2.05) is 72.8 Å². The Morgan fingerprint density at radius 2 is 0.861 bits per heavy atom. The van der Waals surface area contributed by atoms with Crippen LogP contribution in [0.25, 0.3) is 65.9 Å². The number of nitrogens with one attached hydrogen (secondary N) is 2. The second-order valence-corrected chi connectivity index (χ2v) is 8.91. The number of para-hydroxylation sites is 2. The van der Waals surface area contributed by atoms with Crippen molar-refractivity contribution in [3.05, 3.63) is 108 Å². The van der Waals surface area contributed by atoms with E-state index in [4.69, 9.17) is 0 Å². The summed E-state index contributed by atoms with van der Waals surface area (Å²) in [4.78, 5) is 7.37. The summed E-state index contributed by atoms with van der Waals surface area (Å²) in [5.74, 6) is 0. The Balaban J connectivity index is 1.85. The monoisotopic (exact) mass is 458 g/mol. The molecule has 0 aliphatic rings. The van der Waals surface area contributed by atoms with E-state index < -0.39 is 0 Å². The molecule has 7 aromatic rings. The van der Waals surface area contributed by atoms with Gasteiger partial charge in [-0.25, -0.2) is 0 Å². The van der Waals surface area contributed by atoms with Gasteiger partial charge >= 0.3 is 0 Å². The molecule has 0 aliphatic heterocycles. The van der Waals surface area contributed by atoms with Gasteiger partial charge in [-0.15, -0.1) is 0 Å². The molecule has 0 spiro atoms. The van der Waals surface area contributed by atoms with Gasteiger partial charge in [-0.1, -0.05) is 72.8 Å². The zero-order valence-corrected chi connectivity index (χ0v) is 19.1. The third-order valence-corrected chi connectivity index (χ3v) is 7.05. The van der Waals surface area contributed by atoms with Crippen molar-refractivity contribution in [3.63, 3.8) is 0 Å². The van der Waals surface area contributed by atoms with Gasteiger partial charge in [-0.2, -0.15) is 10.5 Å². The molecule has 0 fully saturated rings. The number of fused-ring (bicyclic) bond motifs is 6. The molecule has 0 radical (unpaired) electrons. The highest BCUT2D eigenvalue weighted by Crippen LogP contribution is 2.49. The lowest BCUT2D eigenvalue weighted by molar-refractivity contribution is 1.47. The summed E-state index contributed by atoms with van der Waals surface area (Å²) in [7, 11) is 0. The fraction of sp³-hybridized carbons (Fsp3) is 0. The summed E-state index contributed by atoms with van der Waals surface area (Å²) in [5, 5.41) is 24.3. The molecule has 0 saturated heterocycles. The Bertz CT molecular complexity index is 1920. The third-order valence-electron chi connectivity index (χ3n) is 7.05. The fourth-order valence-electron chi connectivity index (χ4n) is 5.56. The summed E-state index contributed by atoms with van der Waals surface area (Å²) in [5.41, 5.74) is 8.92. The van der Waals surface area contributed by atoms with Crippen LogP contribution in [-0.4, -0.2) is 9.97 Å². The predicted molar refractivity (Wildman–Crippen MR) is 145 cm³/mol. The van der Waals surface area contributed by atoms with Crippen molar-refractivity contribution in [2.24, 2.45) is 0 Å². The van der Waals surface area contributed by atoms with E-state index in [0.717, 1.165) is 65.9 Å². The highest BCUT2D eigenvalue weighted by molar-refractivity contribution is 6.32. The first-order valence-corrected chi connectivity index (χ1v) is 11.8. The van der Waals surface area contributed by atoms with Crippen LogP contribution in [0.2, 0.25) is 0 Å². The Morgan fingerprint density at radius 3 is 1.31 bits per heavy atom. The molecule has 2 aromatic heterocycles. The molecule has 2 N–H and O–H groups in total. The van der Waals surface area contributed by atoms with Crippen molar-refractivity contribution in [3.8, 4) is 34.4 Å². The molecule has 166 valence electrons. The summed E-state index contributed by atoms with van der Waals surface area (Å²) < 4.78 is 0. The quantitative estimate of drug-likeness (QED) is 0.275. The van der Waals surface area contributed by atoms with Gasteiger partial charge in [0.1, 0.15) is 0 Å². The standard InChI is InChI=1S/C32H18N4/c33-17-19-9-1-3-11-21(19)27-29-23-13-5-7-15-25(23)36-32(29)28(22-12-4-2-10-20(22)18-34)30-24-14-6-8-16-26(24)35-31(27)30/h1-16,35-36H. The molecule has 2 heterocycles. The number of rotatable bonds is 2. The van der Waals surface area contributed by atoms with Crippen molar-refractivity contribution < 1.29 is 0 Å². The number of aromatic nitrogens is 2.